The Kier molecular flexibility index (Phi) is 4.68. The van der Waals surface area contributed by atoms with Crippen LogP contribution in [0.4, 0.5) is 8.78 Å². The summed E-state index contributed by atoms with van der Waals surface area (Å²) in [4.78, 5) is 10.3. The summed E-state index contributed by atoms with van der Waals surface area (Å²) < 4.78 is 25.3. The first-order valence-corrected chi connectivity index (χ1v) is 3.42. The number of hydrogen-bond acceptors (Lipinski definition) is 3. The second-order valence-corrected chi connectivity index (χ2v) is 2.30. The molecule has 6 heteroatoms. The van der Waals surface area contributed by atoms with Gasteiger partial charge < -0.3 is 16.2 Å². The number of aliphatic carboxylic acids is 1. The summed E-state index contributed by atoms with van der Waals surface area (Å²) in [5.74, 6) is -1.43. The number of carbonyl (C=O) groups is 1. The molecule has 0 saturated carbocycles. The topological polar surface area (TPSA) is 75.3 Å². The lowest BCUT2D eigenvalue weighted by Crippen LogP contribution is -2.48. The fourth-order valence-electron chi connectivity index (χ4n) is 0.758. The number of halogens is 2. The maximum absolute atomic E-state index is 12.8. The molecule has 0 aromatic rings. The van der Waals surface area contributed by atoms with E-state index >= 15 is 0 Å². The first-order chi connectivity index (χ1) is 5.54. The van der Waals surface area contributed by atoms with Crippen molar-refractivity contribution in [2.24, 2.45) is 5.73 Å². The van der Waals surface area contributed by atoms with Gasteiger partial charge in [0.25, 0.3) is 0 Å². The molecule has 0 fully saturated rings. The zero-order valence-corrected chi connectivity index (χ0v) is 6.63. The average molecular weight is 182 g/mol. The van der Waals surface area contributed by atoms with Gasteiger partial charge in [0.05, 0.1) is 0 Å². The number of carboxylic acid groups (broad SMARTS) is 1. The van der Waals surface area contributed by atoms with Crippen LogP contribution in [0, 0.1) is 0 Å². The summed E-state index contributed by atoms with van der Waals surface area (Å²) in [6.45, 7) is -0.521. The van der Waals surface area contributed by atoms with E-state index in [4.69, 9.17) is 10.8 Å². The molecule has 0 spiro atoms. The van der Waals surface area contributed by atoms with E-state index in [1.54, 1.807) is 0 Å². The van der Waals surface area contributed by atoms with Gasteiger partial charge in [-0.25, -0.2) is 8.78 Å². The van der Waals surface area contributed by atoms with Gasteiger partial charge in [-0.15, -0.1) is 0 Å². The molecule has 4 N–H and O–H groups in total. The Labute approximate surface area is 68.7 Å². The van der Waals surface area contributed by atoms with E-state index in [0.29, 0.717) is 0 Å². The maximum Gasteiger partial charge on any atom is 0.323 e. The van der Waals surface area contributed by atoms with Gasteiger partial charge in [0, 0.05) is 6.54 Å². The van der Waals surface area contributed by atoms with Crippen LogP contribution in [0.2, 0.25) is 0 Å². The minimum Gasteiger partial charge on any atom is -0.480 e. The van der Waals surface area contributed by atoms with Crippen molar-refractivity contribution in [1.82, 2.24) is 5.32 Å². The van der Waals surface area contributed by atoms with Crippen molar-refractivity contribution in [3.63, 3.8) is 0 Å². The molecule has 4 nitrogen and oxygen atoms in total. The predicted octanol–water partition coefficient (Wildman–Crippen LogP) is -0.706. The molecule has 0 bridgehead atoms. The Morgan fingerprint density at radius 1 is 1.67 bits per heavy atom. The third kappa shape index (κ3) is 2.71. The molecule has 3 atom stereocenters. The molecule has 0 aromatic heterocycles. The van der Waals surface area contributed by atoms with Crippen LogP contribution in [0.1, 0.15) is 0 Å². The zero-order valence-electron chi connectivity index (χ0n) is 6.63. The van der Waals surface area contributed by atoms with Crippen molar-refractivity contribution in [3.05, 3.63) is 0 Å². The van der Waals surface area contributed by atoms with Crippen LogP contribution < -0.4 is 11.1 Å². The highest BCUT2D eigenvalue weighted by Crippen LogP contribution is 2.07. The number of rotatable bonds is 5. The number of carboxylic acids is 1. The monoisotopic (exact) mass is 182 g/mol. The Bertz CT molecular complexity index is 156. The van der Waals surface area contributed by atoms with E-state index in [-0.39, 0.29) is 0 Å². The second-order valence-electron chi connectivity index (χ2n) is 2.30. The smallest absolute Gasteiger partial charge is 0.323 e. The Morgan fingerprint density at radius 3 is 2.42 bits per heavy atom. The van der Waals surface area contributed by atoms with E-state index in [0.717, 1.165) is 0 Å². The molecule has 0 radical (unpaired) electrons. The highest BCUT2D eigenvalue weighted by Gasteiger charge is 2.32. The molecule has 0 saturated heterocycles. The van der Waals surface area contributed by atoms with Gasteiger partial charge in [-0.3, -0.25) is 4.79 Å². The van der Waals surface area contributed by atoms with Crippen molar-refractivity contribution >= 4 is 5.97 Å². The van der Waals surface area contributed by atoms with Crippen LogP contribution in [0.5, 0.6) is 0 Å². The van der Waals surface area contributed by atoms with E-state index in [2.05, 4.69) is 5.32 Å². The molecule has 0 aliphatic heterocycles. The largest absolute Gasteiger partial charge is 0.480 e. The Balaban J connectivity index is 4.20. The van der Waals surface area contributed by atoms with Gasteiger partial charge in [-0.2, -0.15) is 0 Å². The lowest BCUT2D eigenvalue weighted by molar-refractivity contribution is -0.141. The summed E-state index contributed by atoms with van der Waals surface area (Å²) in [6.07, 6.45) is -4.06. The third-order valence-corrected chi connectivity index (χ3v) is 1.47. The molecular weight excluding hydrogens is 170 g/mol. The van der Waals surface area contributed by atoms with Crippen molar-refractivity contribution < 1.29 is 18.7 Å². The second kappa shape index (κ2) is 5.00. The van der Waals surface area contributed by atoms with Crippen LogP contribution in [0.15, 0.2) is 0 Å². The molecule has 3 unspecified atom stereocenters. The molecule has 0 amide bonds. The van der Waals surface area contributed by atoms with Crippen molar-refractivity contribution in [2.45, 2.75) is 18.4 Å². The van der Waals surface area contributed by atoms with Gasteiger partial charge in [0.2, 0.25) is 0 Å². The Morgan fingerprint density at radius 2 is 2.17 bits per heavy atom. The molecular formula is C6H12F2N2O2. The van der Waals surface area contributed by atoms with E-state index in [1.807, 2.05) is 0 Å². The normalized spacial score (nSPS) is 18.3. The number of likely N-dealkylation sites (N-methyl/N-ethyl adjacent to an activating group) is 1. The van der Waals surface area contributed by atoms with Crippen molar-refractivity contribution in [3.8, 4) is 0 Å². The first kappa shape index (κ1) is 11.2. The van der Waals surface area contributed by atoms with Gasteiger partial charge >= 0.3 is 5.97 Å². The Hall–Kier alpha value is -0.750. The zero-order chi connectivity index (χ0) is 9.72. The highest BCUT2D eigenvalue weighted by molar-refractivity contribution is 5.74. The van der Waals surface area contributed by atoms with Crippen LogP contribution in [-0.4, -0.2) is 43.1 Å². The number of nitrogens with two attached hydrogens (primary N) is 1. The van der Waals surface area contributed by atoms with Gasteiger partial charge in [-0.1, -0.05) is 0 Å². The summed E-state index contributed by atoms with van der Waals surface area (Å²) in [5.41, 5.74) is 4.83. The van der Waals surface area contributed by atoms with Crippen LogP contribution in [0.3, 0.4) is 0 Å². The molecule has 0 rings (SSSR count). The molecule has 0 aromatic carbocycles. The van der Waals surface area contributed by atoms with Gasteiger partial charge in [0.15, 0.2) is 6.17 Å². The third-order valence-electron chi connectivity index (χ3n) is 1.47. The van der Waals surface area contributed by atoms with Crippen LogP contribution >= 0.6 is 0 Å². The molecule has 0 aliphatic carbocycles. The summed E-state index contributed by atoms with van der Waals surface area (Å²) >= 11 is 0. The fourth-order valence-corrected chi connectivity index (χ4v) is 0.758. The molecule has 12 heavy (non-hydrogen) atoms. The maximum atomic E-state index is 12.8. The molecule has 0 aliphatic rings. The van der Waals surface area contributed by atoms with Crippen LogP contribution in [0.25, 0.3) is 0 Å². The minimum atomic E-state index is -2.11. The van der Waals surface area contributed by atoms with E-state index < -0.39 is 30.9 Å². The highest BCUT2D eigenvalue weighted by atomic mass is 19.2. The van der Waals surface area contributed by atoms with Gasteiger partial charge in [0.1, 0.15) is 12.2 Å². The van der Waals surface area contributed by atoms with Crippen molar-refractivity contribution in [1.29, 1.82) is 0 Å². The lowest BCUT2D eigenvalue weighted by atomic mass is 10.1. The number of alkyl halides is 2. The minimum absolute atomic E-state index is 0.521. The number of nitrogens with one attached hydrogen (secondary N) is 1. The summed E-state index contributed by atoms with van der Waals surface area (Å²) in [6, 6.07) is -1.54. The van der Waals surface area contributed by atoms with E-state index in [1.165, 1.54) is 7.05 Å². The SMILES string of the molecule is CNC(C(=O)O)C(F)C(F)CN. The standard InChI is InChI=1S/C6H12F2N2O2/c1-10-5(6(11)12)4(8)3(7)2-9/h3-5,10H,2,9H2,1H3,(H,11,12). The average Bonchev–Trinajstić information content (AvgIpc) is 2.03. The summed E-state index contributed by atoms with van der Waals surface area (Å²) in [5, 5.41) is 10.5. The van der Waals surface area contributed by atoms with Crippen LogP contribution in [-0.2, 0) is 4.79 Å². The first-order valence-electron chi connectivity index (χ1n) is 3.42. The molecule has 72 valence electrons. The van der Waals surface area contributed by atoms with Gasteiger partial charge in [-0.05, 0) is 7.05 Å². The quantitative estimate of drug-likeness (QED) is 0.525. The predicted molar refractivity (Wildman–Crippen MR) is 39.3 cm³/mol. The molecule has 0 heterocycles. The summed E-state index contributed by atoms with van der Waals surface area (Å²) in [7, 11) is 1.24. The lowest BCUT2D eigenvalue weighted by Gasteiger charge is -2.18. The van der Waals surface area contributed by atoms with Crippen molar-refractivity contribution in [2.75, 3.05) is 13.6 Å². The number of hydrogen-bond donors (Lipinski definition) is 3. The van der Waals surface area contributed by atoms with E-state index in [9.17, 15) is 13.6 Å². The fraction of sp³-hybridized carbons (Fsp3) is 0.833.